The molecule has 0 bridgehead atoms. The van der Waals surface area contributed by atoms with Crippen LogP contribution in [0, 0.1) is 0 Å². The summed E-state index contributed by atoms with van der Waals surface area (Å²) in [5.74, 6) is -1.39. The Kier molecular flexibility index (Phi) is 6.67. The summed E-state index contributed by atoms with van der Waals surface area (Å²) in [5, 5.41) is 20.0. The number of aliphatic carboxylic acids is 1. The van der Waals surface area contributed by atoms with Gasteiger partial charge in [-0.15, -0.1) is 0 Å². The molecule has 0 aliphatic carbocycles. The number of amides is 1. The maximum atomic E-state index is 11.4. The van der Waals surface area contributed by atoms with Crippen LogP contribution in [-0.2, 0) is 14.3 Å². The van der Waals surface area contributed by atoms with Crippen molar-refractivity contribution in [3.8, 4) is 0 Å². The number of ether oxygens (including phenoxy) is 1. The quantitative estimate of drug-likeness (QED) is 0.610. The van der Waals surface area contributed by atoms with Gasteiger partial charge in [0.2, 0.25) is 5.91 Å². The third-order valence-electron chi connectivity index (χ3n) is 2.99. The van der Waals surface area contributed by atoms with Crippen LogP contribution in [0.5, 0.6) is 0 Å². The molecule has 1 aliphatic rings. The van der Waals surface area contributed by atoms with Gasteiger partial charge in [0, 0.05) is 26.0 Å². The van der Waals surface area contributed by atoms with Crippen molar-refractivity contribution in [2.24, 2.45) is 0 Å². The molecule has 2 atom stereocenters. The van der Waals surface area contributed by atoms with Gasteiger partial charge in [0.25, 0.3) is 0 Å². The van der Waals surface area contributed by atoms with Crippen molar-refractivity contribution in [3.63, 3.8) is 0 Å². The lowest BCUT2D eigenvalue weighted by atomic mass is 10.0. The SMILES string of the molecule is O=C(CCC1CCCCO1)NCCC(O)C(=O)O. The van der Waals surface area contributed by atoms with Gasteiger partial charge in [0.05, 0.1) is 6.10 Å². The first kappa shape index (κ1) is 14.9. The second-order valence-electron chi connectivity index (χ2n) is 4.52. The second-order valence-corrected chi connectivity index (χ2v) is 4.52. The number of carboxylic acid groups (broad SMARTS) is 1. The third kappa shape index (κ3) is 5.97. The van der Waals surface area contributed by atoms with E-state index in [9.17, 15) is 9.59 Å². The van der Waals surface area contributed by atoms with Gasteiger partial charge in [0.15, 0.2) is 6.10 Å². The Labute approximate surface area is 106 Å². The van der Waals surface area contributed by atoms with Crippen molar-refractivity contribution < 1.29 is 24.5 Å². The van der Waals surface area contributed by atoms with Gasteiger partial charge in [-0.25, -0.2) is 4.79 Å². The number of hydrogen-bond acceptors (Lipinski definition) is 4. The number of hydrogen-bond donors (Lipinski definition) is 3. The van der Waals surface area contributed by atoms with Gasteiger partial charge in [-0.05, 0) is 25.7 Å². The van der Waals surface area contributed by atoms with Crippen LogP contribution in [0.1, 0.15) is 38.5 Å². The number of rotatable bonds is 7. The van der Waals surface area contributed by atoms with Gasteiger partial charge in [0.1, 0.15) is 0 Å². The van der Waals surface area contributed by atoms with Crippen molar-refractivity contribution in [2.75, 3.05) is 13.2 Å². The van der Waals surface area contributed by atoms with E-state index in [-0.39, 0.29) is 25.0 Å². The second kappa shape index (κ2) is 8.05. The van der Waals surface area contributed by atoms with E-state index in [0.717, 1.165) is 25.9 Å². The maximum absolute atomic E-state index is 11.4. The molecule has 0 radical (unpaired) electrons. The zero-order valence-electron chi connectivity index (χ0n) is 10.4. The number of carbonyl (C=O) groups excluding carboxylic acids is 1. The zero-order chi connectivity index (χ0) is 13.4. The lowest BCUT2D eigenvalue weighted by Gasteiger charge is -2.22. The minimum Gasteiger partial charge on any atom is -0.479 e. The standard InChI is InChI=1S/C12H21NO5/c14-10(12(16)17)6-7-13-11(15)5-4-9-3-1-2-8-18-9/h9-10,14H,1-8H2,(H,13,15)(H,16,17). The minimum atomic E-state index is -1.41. The molecule has 104 valence electrons. The number of carboxylic acids is 1. The summed E-state index contributed by atoms with van der Waals surface area (Å²) in [5.41, 5.74) is 0. The molecule has 0 saturated carbocycles. The summed E-state index contributed by atoms with van der Waals surface area (Å²) in [7, 11) is 0. The topological polar surface area (TPSA) is 95.9 Å². The normalized spacial score (nSPS) is 21.3. The highest BCUT2D eigenvalue weighted by Gasteiger charge is 2.16. The number of aliphatic hydroxyl groups excluding tert-OH is 1. The van der Waals surface area contributed by atoms with E-state index in [2.05, 4.69) is 5.32 Å². The lowest BCUT2D eigenvalue weighted by Crippen LogP contribution is -2.31. The predicted molar refractivity (Wildman–Crippen MR) is 64.1 cm³/mol. The molecule has 1 rings (SSSR count). The Morgan fingerprint density at radius 1 is 1.39 bits per heavy atom. The average molecular weight is 259 g/mol. The van der Waals surface area contributed by atoms with Crippen molar-refractivity contribution >= 4 is 11.9 Å². The fraction of sp³-hybridized carbons (Fsp3) is 0.833. The third-order valence-corrected chi connectivity index (χ3v) is 2.99. The number of aliphatic hydroxyl groups is 1. The fourth-order valence-corrected chi connectivity index (χ4v) is 1.89. The van der Waals surface area contributed by atoms with Crippen LogP contribution in [0.25, 0.3) is 0 Å². The molecule has 0 aromatic rings. The number of nitrogens with one attached hydrogen (secondary N) is 1. The summed E-state index contributed by atoms with van der Waals surface area (Å²) < 4.78 is 5.50. The van der Waals surface area contributed by atoms with Crippen molar-refractivity contribution in [2.45, 2.75) is 50.7 Å². The summed E-state index contributed by atoms with van der Waals surface area (Å²) in [6.45, 7) is 0.953. The van der Waals surface area contributed by atoms with Crippen LogP contribution in [0.4, 0.5) is 0 Å². The molecule has 1 fully saturated rings. The molecule has 6 nitrogen and oxygen atoms in total. The summed E-state index contributed by atoms with van der Waals surface area (Å²) in [6.07, 6.45) is 3.13. The van der Waals surface area contributed by atoms with E-state index in [1.807, 2.05) is 0 Å². The Morgan fingerprint density at radius 3 is 2.78 bits per heavy atom. The molecule has 1 aliphatic heterocycles. The number of carbonyl (C=O) groups is 2. The maximum Gasteiger partial charge on any atom is 0.332 e. The first-order chi connectivity index (χ1) is 8.59. The van der Waals surface area contributed by atoms with E-state index < -0.39 is 12.1 Å². The monoisotopic (exact) mass is 259 g/mol. The average Bonchev–Trinajstić information content (AvgIpc) is 2.37. The van der Waals surface area contributed by atoms with Crippen molar-refractivity contribution in [1.82, 2.24) is 5.32 Å². The first-order valence-corrected chi connectivity index (χ1v) is 6.38. The Balaban J connectivity index is 2.04. The van der Waals surface area contributed by atoms with Crippen LogP contribution in [0.3, 0.4) is 0 Å². The van der Waals surface area contributed by atoms with Gasteiger partial charge in [-0.1, -0.05) is 0 Å². The predicted octanol–water partition coefficient (Wildman–Crippen LogP) is 0.287. The van der Waals surface area contributed by atoms with Crippen LogP contribution in [-0.4, -0.2) is 47.4 Å². The zero-order valence-corrected chi connectivity index (χ0v) is 10.4. The van der Waals surface area contributed by atoms with E-state index in [1.54, 1.807) is 0 Å². The molecule has 1 amide bonds. The molecule has 0 aromatic heterocycles. The molecule has 0 spiro atoms. The Morgan fingerprint density at radius 2 is 2.17 bits per heavy atom. The van der Waals surface area contributed by atoms with Gasteiger partial charge in [-0.3, -0.25) is 4.79 Å². The highest BCUT2D eigenvalue weighted by atomic mass is 16.5. The van der Waals surface area contributed by atoms with Gasteiger partial charge < -0.3 is 20.3 Å². The van der Waals surface area contributed by atoms with E-state index >= 15 is 0 Å². The van der Waals surface area contributed by atoms with E-state index in [0.29, 0.717) is 12.8 Å². The molecule has 18 heavy (non-hydrogen) atoms. The molecule has 0 aromatic carbocycles. The lowest BCUT2D eigenvalue weighted by molar-refractivity contribution is -0.147. The largest absolute Gasteiger partial charge is 0.479 e. The summed E-state index contributed by atoms with van der Waals surface area (Å²) in [4.78, 5) is 21.8. The fourth-order valence-electron chi connectivity index (χ4n) is 1.89. The van der Waals surface area contributed by atoms with E-state index in [4.69, 9.17) is 14.9 Å². The van der Waals surface area contributed by atoms with Crippen molar-refractivity contribution in [1.29, 1.82) is 0 Å². The highest BCUT2D eigenvalue weighted by molar-refractivity contribution is 5.76. The van der Waals surface area contributed by atoms with Crippen LogP contribution >= 0.6 is 0 Å². The molecular weight excluding hydrogens is 238 g/mol. The van der Waals surface area contributed by atoms with Crippen molar-refractivity contribution in [3.05, 3.63) is 0 Å². The van der Waals surface area contributed by atoms with Gasteiger partial charge >= 0.3 is 5.97 Å². The Hall–Kier alpha value is -1.14. The van der Waals surface area contributed by atoms with E-state index in [1.165, 1.54) is 0 Å². The summed E-state index contributed by atoms with van der Waals surface area (Å²) in [6, 6.07) is 0. The molecule has 1 saturated heterocycles. The minimum absolute atomic E-state index is 0.0288. The smallest absolute Gasteiger partial charge is 0.332 e. The van der Waals surface area contributed by atoms with Crippen LogP contribution in [0.2, 0.25) is 0 Å². The first-order valence-electron chi connectivity index (χ1n) is 6.38. The molecule has 1 heterocycles. The van der Waals surface area contributed by atoms with Gasteiger partial charge in [-0.2, -0.15) is 0 Å². The summed E-state index contributed by atoms with van der Waals surface area (Å²) >= 11 is 0. The van der Waals surface area contributed by atoms with Crippen LogP contribution < -0.4 is 5.32 Å². The highest BCUT2D eigenvalue weighted by Crippen LogP contribution is 2.16. The Bertz CT molecular complexity index is 276. The molecule has 3 N–H and O–H groups in total. The molecule has 6 heteroatoms. The molecular formula is C12H21NO5. The van der Waals surface area contributed by atoms with Crippen LogP contribution in [0.15, 0.2) is 0 Å². The molecule has 2 unspecified atom stereocenters.